The SMILES string of the molecule is O=C(CN1C(=O)c2ccccc2C1=O)Nc1ccc(F)c(NC(=O)C2CC2)c1. The maximum atomic E-state index is 13.9. The van der Waals surface area contributed by atoms with Crippen molar-refractivity contribution in [3.05, 3.63) is 59.4 Å². The van der Waals surface area contributed by atoms with Gasteiger partial charge in [0, 0.05) is 11.6 Å². The number of nitrogens with zero attached hydrogens (tertiary/aromatic N) is 1. The van der Waals surface area contributed by atoms with Gasteiger partial charge in [0.2, 0.25) is 11.8 Å². The minimum atomic E-state index is -0.618. The number of rotatable bonds is 5. The first-order chi connectivity index (χ1) is 13.4. The average molecular weight is 381 g/mol. The summed E-state index contributed by atoms with van der Waals surface area (Å²) in [6, 6.07) is 10.1. The average Bonchev–Trinajstić information content (AvgIpc) is 3.50. The second-order valence-corrected chi connectivity index (χ2v) is 6.75. The van der Waals surface area contributed by atoms with Crippen molar-refractivity contribution < 1.29 is 23.6 Å². The van der Waals surface area contributed by atoms with Crippen molar-refractivity contribution in [3.63, 3.8) is 0 Å². The minimum Gasteiger partial charge on any atom is -0.324 e. The van der Waals surface area contributed by atoms with Gasteiger partial charge in [0.1, 0.15) is 12.4 Å². The number of benzene rings is 2. The summed E-state index contributed by atoms with van der Waals surface area (Å²) < 4.78 is 13.9. The van der Waals surface area contributed by atoms with E-state index in [1.165, 1.54) is 24.3 Å². The van der Waals surface area contributed by atoms with Crippen LogP contribution in [0, 0.1) is 11.7 Å². The van der Waals surface area contributed by atoms with Crippen molar-refractivity contribution in [2.75, 3.05) is 17.2 Å². The molecule has 8 heteroatoms. The molecule has 1 heterocycles. The van der Waals surface area contributed by atoms with Crippen LogP contribution in [0.15, 0.2) is 42.5 Å². The highest BCUT2D eigenvalue weighted by molar-refractivity contribution is 6.22. The van der Waals surface area contributed by atoms with Gasteiger partial charge >= 0.3 is 0 Å². The van der Waals surface area contributed by atoms with Crippen LogP contribution in [0.5, 0.6) is 0 Å². The normalized spacial score (nSPS) is 15.4. The Kier molecular flexibility index (Phi) is 4.38. The van der Waals surface area contributed by atoms with E-state index in [1.807, 2.05) is 0 Å². The minimum absolute atomic E-state index is 0.0320. The van der Waals surface area contributed by atoms with Crippen LogP contribution >= 0.6 is 0 Å². The highest BCUT2D eigenvalue weighted by atomic mass is 19.1. The van der Waals surface area contributed by atoms with E-state index in [9.17, 15) is 23.6 Å². The molecule has 0 atom stereocenters. The summed E-state index contributed by atoms with van der Waals surface area (Å²) in [5, 5.41) is 5.02. The van der Waals surface area contributed by atoms with Crippen LogP contribution in [0.25, 0.3) is 0 Å². The summed E-state index contributed by atoms with van der Waals surface area (Å²) in [6.07, 6.45) is 1.56. The molecular weight excluding hydrogens is 365 g/mol. The number of imide groups is 1. The smallest absolute Gasteiger partial charge is 0.262 e. The zero-order chi connectivity index (χ0) is 19.8. The first-order valence-electron chi connectivity index (χ1n) is 8.79. The van der Waals surface area contributed by atoms with Crippen molar-refractivity contribution in [2.24, 2.45) is 5.92 Å². The maximum absolute atomic E-state index is 13.9. The Morgan fingerprint density at radius 1 is 1.00 bits per heavy atom. The van der Waals surface area contributed by atoms with Crippen molar-refractivity contribution >= 4 is 35.0 Å². The van der Waals surface area contributed by atoms with Crippen LogP contribution in [-0.2, 0) is 9.59 Å². The zero-order valence-electron chi connectivity index (χ0n) is 14.7. The molecule has 1 fully saturated rings. The Labute approximate surface area is 159 Å². The van der Waals surface area contributed by atoms with E-state index >= 15 is 0 Å². The molecule has 0 bridgehead atoms. The number of carbonyl (C=O) groups is 4. The number of hydrogen-bond acceptors (Lipinski definition) is 4. The molecule has 1 saturated carbocycles. The first-order valence-corrected chi connectivity index (χ1v) is 8.79. The van der Waals surface area contributed by atoms with Crippen LogP contribution in [-0.4, -0.2) is 35.1 Å². The monoisotopic (exact) mass is 381 g/mol. The molecule has 28 heavy (non-hydrogen) atoms. The molecule has 0 unspecified atom stereocenters. The van der Waals surface area contributed by atoms with Gasteiger partial charge in [0.25, 0.3) is 11.8 Å². The molecule has 1 aliphatic heterocycles. The van der Waals surface area contributed by atoms with E-state index < -0.39 is 30.1 Å². The number of halogens is 1. The molecule has 0 saturated heterocycles. The van der Waals surface area contributed by atoms with Crippen LogP contribution in [0.1, 0.15) is 33.6 Å². The van der Waals surface area contributed by atoms with Gasteiger partial charge < -0.3 is 10.6 Å². The second-order valence-electron chi connectivity index (χ2n) is 6.75. The topological polar surface area (TPSA) is 95.6 Å². The van der Waals surface area contributed by atoms with Crippen LogP contribution in [0.3, 0.4) is 0 Å². The quantitative estimate of drug-likeness (QED) is 0.778. The molecule has 142 valence electrons. The molecule has 2 aromatic rings. The predicted molar refractivity (Wildman–Crippen MR) is 98.2 cm³/mol. The third-order valence-corrected chi connectivity index (χ3v) is 4.64. The number of hydrogen-bond donors (Lipinski definition) is 2. The van der Waals surface area contributed by atoms with Crippen molar-refractivity contribution in [2.45, 2.75) is 12.8 Å². The number of carbonyl (C=O) groups excluding carboxylic acids is 4. The second kappa shape index (κ2) is 6.88. The summed E-state index contributed by atoms with van der Waals surface area (Å²) in [5.41, 5.74) is 0.726. The number of anilines is 2. The van der Waals surface area contributed by atoms with Gasteiger partial charge in [-0.2, -0.15) is 0 Å². The van der Waals surface area contributed by atoms with Gasteiger partial charge in [0.05, 0.1) is 16.8 Å². The van der Waals surface area contributed by atoms with Crippen molar-refractivity contribution in [3.8, 4) is 0 Å². The van der Waals surface area contributed by atoms with Crippen LogP contribution in [0.4, 0.5) is 15.8 Å². The molecule has 2 aromatic carbocycles. The molecule has 0 spiro atoms. The Balaban J connectivity index is 1.44. The molecular formula is C20H16FN3O4. The lowest BCUT2D eigenvalue weighted by molar-refractivity contribution is -0.117. The highest BCUT2D eigenvalue weighted by Gasteiger charge is 2.36. The van der Waals surface area contributed by atoms with Gasteiger partial charge in [-0.25, -0.2) is 4.39 Å². The molecule has 4 rings (SSSR count). The highest BCUT2D eigenvalue weighted by Crippen LogP contribution is 2.31. The lowest BCUT2D eigenvalue weighted by Gasteiger charge is -2.14. The Morgan fingerprint density at radius 2 is 1.64 bits per heavy atom. The number of fused-ring (bicyclic) bond motifs is 1. The molecule has 1 aliphatic carbocycles. The summed E-state index contributed by atoms with van der Waals surface area (Å²) in [6.45, 7) is -0.465. The zero-order valence-corrected chi connectivity index (χ0v) is 14.7. The fraction of sp³-hybridized carbons (Fsp3) is 0.200. The van der Waals surface area contributed by atoms with E-state index in [2.05, 4.69) is 10.6 Å². The molecule has 0 radical (unpaired) electrons. The summed E-state index contributed by atoms with van der Waals surface area (Å²) >= 11 is 0. The van der Waals surface area contributed by atoms with E-state index in [0.29, 0.717) is 0 Å². The van der Waals surface area contributed by atoms with Crippen LogP contribution < -0.4 is 10.6 Å². The standard InChI is InChI=1S/C20H16FN3O4/c21-15-8-7-12(9-16(15)23-18(26)11-5-6-11)22-17(25)10-24-19(27)13-3-1-2-4-14(13)20(24)28/h1-4,7-9,11H,5-6,10H2,(H,22,25)(H,23,26). The number of amides is 4. The predicted octanol–water partition coefficient (Wildman–Crippen LogP) is 2.41. The summed E-state index contributed by atoms with van der Waals surface area (Å²) in [5.74, 6) is -2.65. The fourth-order valence-corrected chi connectivity index (χ4v) is 3.01. The molecule has 2 N–H and O–H groups in total. The van der Waals surface area contributed by atoms with Crippen molar-refractivity contribution in [1.29, 1.82) is 0 Å². The summed E-state index contributed by atoms with van der Waals surface area (Å²) in [7, 11) is 0. The van der Waals surface area contributed by atoms with Gasteiger partial charge in [0.15, 0.2) is 0 Å². The lowest BCUT2D eigenvalue weighted by Crippen LogP contribution is -2.37. The molecule has 2 aliphatic rings. The van der Waals surface area contributed by atoms with Gasteiger partial charge in [-0.3, -0.25) is 24.1 Å². The summed E-state index contributed by atoms with van der Waals surface area (Å²) in [4.78, 5) is 49.6. The van der Waals surface area contributed by atoms with E-state index in [0.717, 1.165) is 23.8 Å². The van der Waals surface area contributed by atoms with E-state index in [4.69, 9.17) is 0 Å². The molecule has 4 amide bonds. The van der Waals surface area contributed by atoms with E-state index in [-0.39, 0.29) is 34.3 Å². The first kappa shape index (κ1) is 17.8. The Morgan fingerprint density at radius 3 is 2.25 bits per heavy atom. The Bertz CT molecular complexity index is 981. The lowest BCUT2D eigenvalue weighted by atomic mass is 10.1. The Hall–Kier alpha value is -3.55. The molecule has 7 nitrogen and oxygen atoms in total. The third-order valence-electron chi connectivity index (χ3n) is 4.64. The van der Waals surface area contributed by atoms with Gasteiger partial charge in [-0.05, 0) is 43.2 Å². The largest absolute Gasteiger partial charge is 0.324 e. The third kappa shape index (κ3) is 3.36. The maximum Gasteiger partial charge on any atom is 0.262 e. The van der Waals surface area contributed by atoms with Gasteiger partial charge in [-0.15, -0.1) is 0 Å². The van der Waals surface area contributed by atoms with Crippen LogP contribution in [0.2, 0.25) is 0 Å². The number of nitrogens with one attached hydrogen (secondary N) is 2. The fourth-order valence-electron chi connectivity index (χ4n) is 3.01. The van der Waals surface area contributed by atoms with Crippen molar-refractivity contribution in [1.82, 2.24) is 4.90 Å². The van der Waals surface area contributed by atoms with Gasteiger partial charge in [-0.1, -0.05) is 12.1 Å². The molecule has 0 aromatic heterocycles. The van der Waals surface area contributed by atoms with E-state index in [1.54, 1.807) is 12.1 Å².